The molecule has 0 atom stereocenters. The van der Waals surface area contributed by atoms with E-state index in [1.165, 1.54) is 0 Å². The third-order valence-electron chi connectivity index (χ3n) is 3.54. The Morgan fingerprint density at radius 1 is 1.39 bits per heavy atom. The molecule has 2 aromatic rings. The number of hydrogen-bond donors (Lipinski definition) is 0. The third kappa shape index (κ3) is 2.16. The number of carbonyl (C=O) groups excluding carboxylic acids is 1. The lowest BCUT2D eigenvalue weighted by molar-refractivity contribution is 0.0601. The quantitative estimate of drug-likeness (QED) is 0.778. The molecule has 4 nitrogen and oxygen atoms in total. The molecule has 0 spiro atoms. The molecule has 0 N–H and O–H groups in total. The fourth-order valence-corrected chi connectivity index (χ4v) is 2.47. The Morgan fingerprint density at radius 3 is 3.06 bits per heavy atom. The number of pyridine rings is 1. The van der Waals surface area contributed by atoms with Gasteiger partial charge in [0.05, 0.1) is 17.3 Å². The lowest BCUT2D eigenvalue weighted by atomic mass is 9.92. The summed E-state index contributed by atoms with van der Waals surface area (Å²) in [4.78, 5) is 12.3. The van der Waals surface area contributed by atoms with Crippen LogP contribution in [0.1, 0.15) is 29.6 Å². The second kappa shape index (κ2) is 4.90. The Morgan fingerprint density at radius 2 is 2.22 bits per heavy atom. The van der Waals surface area contributed by atoms with Crippen molar-refractivity contribution in [3.8, 4) is 0 Å². The topological polar surface area (TPSA) is 43.6 Å². The Bertz CT molecular complexity index is 556. The van der Waals surface area contributed by atoms with Crippen molar-refractivity contribution < 1.29 is 9.53 Å². The molecule has 18 heavy (non-hydrogen) atoms. The van der Waals surface area contributed by atoms with Gasteiger partial charge in [-0.15, -0.1) is 0 Å². The molecule has 0 aromatic carbocycles. The van der Waals surface area contributed by atoms with Gasteiger partial charge in [-0.1, -0.05) is 6.07 Å². The lowest BCUT2D eigenvalue weighted by Crippen LogP contribution is -2.18. The summed E-state index contributed by atoms with van der Waals surface area (Å²) < 4.78 is 7.06. The third-order valence-corrected chi connectivity index (χ3v) is 3.54. The number of fused-ring (bicyclic) bond motifs is 1. The Kier molecular flexibility index (Phi) is 3.11. The summed E-state index contributed by atoms with van der Waals surface area (Å²) in [5.41, 5.74) is 1.64. The summed E-state index contributed by atoms with van der Waals surface area (Å²) in [6.07, 6.45) is 6.13. The average molecular weight is 244 g/mol. The molecule has 1 fully saturated rings. The Balaban J connectivity index is 1.79. The SMILES string of the molecule is O=C(CC1CCOCC1)c1cnn2ccccc12. The molecule has 0 bridgehead atoms. The maximum atomic E-state index is 12.3. The highest BCUT2D eigenvalue weighted by atomic mass is 16.5. The van der Waals surface area contributed by atoms with Crippen molar-refractivity contribution in [3.63, 3.8) is 0 Å². The maximum Gasteiger partial charge on any atom is 0.166 e. The number of ketones is 1. The lowest BCUT2D eigenvalue weighted by Gasteiger charge is -2.20. The van der Waals surface area contributed by atoms with Crippen molar-refractivity contribution in [3.05, 3.63) is 36.2 Å². The number of aromatic nitrogens is 2. The fourth-order valence-electron chi connectivity index (χ4n) is 2.47. The van der Waals surface area contributed by atoms with Crippen molar-refractivity contribution in [2.45, 2.75) is 19.3 Å². The van der Waals surface area contributed by atoms with Gasteiger partial charge in [0.25, 0.3) is 0 Å². The molecular weight excluding hydrogens is 228 g/mol. The van der Waals surface area contributed by atoms with Crippen molar-refractivity contribution >= 4 is 11.3 Å². The fraction of sp³-hybridized carbons (Fsp3) is 0.429. The molecule has 0 saturated carbocycles. The number of Topliss-reactive ketones (excluding diaryl/α,β-unsaturated/α-hetero) is 1. The first kappa shape index (κ1) is 11.4. The van der Waals surface area contributed by atoms with E-state index >= 15 is 0 Å². The minimum atomic E-state index is 0.197. The monoisotopic (exact) mass is 244 g/mol. The van der Waals surface area contributed by atoms with Crippen molar-refractivity contribution in [1.82, 2.24) is 9.61 Å². The molecule has 0 aliphatic carbocycles. The summed E-state index contributed by atoms with van der Waals surface area (Å²) in [7, 11) is 0. The first-order valence-electron chi connectivity index (χ1n) is 6.38. The van der Waals surface area contributed by atoms with E-state index in [9.17, 15) is 4.79 Å². The predicted molar refractivity (Wildman–Crippen MR) is 67.7 cm³/mol. The van der Waals surface area contributed by atoms with E-state index < -0.39 is 0 Å². The second-order valence-corrected chi connectivity index (χ2v) is 4.77. The van der Waals surface area contributed by atoms with Gasteiger partial charge < -0.3 is 4.74 Å². The zero-order chi connectivity index (χ0) is 12.4. The van der Waals surface area contributed by atoms with Crippen molar-refractivity contribution in [2.24, 2.45) is 5.92 Å². The van der Waals surface area contributed by atoms with Crippen molar-refractivity contribution in [1.29, 1.82) is 0 Å². The minimum Gasteiger partial charge on any atom is -0.381 e. The highest BCUT2D eigenvalue weighted by Gasteiger charge is 2.20. The van der Waals surface area contributed by atoms with Crippen LogP contribution in [0.2, 0.25) is 0 Å². The molecule has 3 heterocycles. The van der Waals surface area contributed by atoms with Crippen LogP contribution in [0, 0.1) is 5.92 Å². The molecule has 1 aliphatic heterocycles. The number of rotatable bonds is 3. The van der Waals surface area contributed by atoms with Crippen LogP contribution in [-0.2, 0) is 4.74 Å². The molecular formula is C14H16N2O2. The van der Waals surface area contributed by atoms with Crippen LogP contribution in [0.15, 0.2) is 30.6 Å². The van der Waals surface area contributed by atoms with E-state index in [4.69, 9.17) is 4.74 Å². The molecule has 2 aromatic heterocycles. The minimum absolute atomic E-state index is 0.197. The number of nitrogens with zero attached hydrogens (tertiary/aromatic N) is 2. The summed E-state index contributed by atoms with van der Waals surface area (Å²) in [6, 6.07) is 5.78. The molecule has 0 unspecified atom stereocenters. The standard InChI is InChI=1S/C14H16N2O2/c17-14(9-11-4-7-18-8-5-11)12-10-15-16-6-2-1-3-13(12)16/h1-3,6,10-11H,4-5,7-9H2. The van der Waals surface area contributed by atoms with Crippen LogP contribution in [0.25, 0.3) is 5.52 Å². The summed E-state index contributed by atoms with van der Waals surface area (Å²) in [6.45, 7) is 1.57. The van der Waals surface area contributed by atoms with E-state index in [2.05, 4.69) is 5.10 Å². The van der Waals surface area contributed by atoms with Gasteiger partial charge >= 0.3 is 0 Å². The zero-order valence-corrected chi connectivity index (χ0v) is 10.2. The van der Waals surface area contributed by atoms with Crippen LogP contribution in [0.3, 0.4) is 0 Å². The molecule has 4 heteroatoms. The first-order chi connectivity index (χ1) is 8.84. The smallest absolute Gasteiger partial charge is 0.166 e. The molecule has 3 rings (SSSR count). The van der Waals surface area contributed by atoms with E-state index in [-0.39, 0.29) is 5.78 Å². The highest BCUT2D eigenvalue weighted by molar-refractivity contribution is 6.02. The zero-order valence-electron chi connectivity index (χ0n) is 10.2. The van der Waals surface area contributed by atoms with Gasteiger partial charge in [0.2, 0.25) is 0 Å². The maximum absolute atomic E-state index is 12.3. The highest BCUT2D eigenvalue weighted by Crippen LogP contribution is 2.22. The van der Waals surface area contributed by atoms with Crippen molar-refractivity contribution in [2.75, 3.05) is 13.2 Å². The molecule has 1 aliphatic rings. The van der Waals surface area contributed by atoms with E-state index in [0.29, 0.717) is 12.3 Å². The summed E-state index contributed by atoms with van der Waals surface area (Å²) in [5.74, 6) is 0.660. The summed E-state index contributed by atoms with van der Waals surface area (Å²) >= 11 is 0. The predicted octanol–water partition coefficient (Wildman–Crippen LogP) is 2.33. The molecule has 0 radical (unpaired) electrons. The van der Waals surface area contributed by atoms with Gasteiger partial charge in [-0.3, -0.25) is 4.79 Å². The second-order valence-electron chi connectivity index (χ2n) is 4.77. The van der Waals surface area contributed by atoms with Gasteiger partial charge in [-0.25, -0.2) is 4.52 Å². The van der Waals surface area contributed by atoms with Gasteiger partial charge in [-0.05, 0) is 30.9 Å². The summed E-state index contributed by atoms with van der Waals surface area (Å²) in [5, 5.41) is 4.20. The first-order valence-corrected chi connectivity index (χ1v) is 6.38. The van der Waals surface area contributed by atoms with Gasteiger partial charge in [0.1, 0.15) is 0 Å². The number of hydrogen-bond acceptors (Lipinski definition) is 3. The van der Waals surface area contributed by atoms with Crippen LogP contribution in [-0.4, -0.2) is 28.6 Å². The van der Waals surface area contributed by atoms with Crippen LogP contribution >= 0.6 is 0 Å². The van der Waals surface area contributed by atoms with Gasteiger partial charge in [-0.2, -0.15) is 5.10 Å². The Labute approximate surface area is 106 Å². The Hall–Kier alpha value is -1.68. The average Bonchev–Trinajstić information content (AvgIpc) is 2.84. The largest absolute Gasteiger partial charge is 0.381 e. The molecule has 1 saturated heterocycles. The number of ether oxygens (including phenoxy) is 1. The van der Waals surface area contributed by atoms with Gasteiger partial charge in [0.15, 0.2) is 5.78 Å². The normalized spacial score (nSPS) is 17.1. The molecule has 0 amide bonds. The van der Waals surface area contributed by atoms with E-state index in [0.717, 1.165) is 37.1 Å². The van der Waals surface area contributed by atoms with Crippen LogP contribution in [0.4, 0.5) is 0 Å². The van der Waals surface area contributed by atoms with E-state index in [1.54, 1.807) is 10.7 Å². The van der Waals surface area contributed by atoms with Crippen LogP contribution in [0.5, 0.6) is 0 Å². The van der Waals surface area contributed by atoms with Crippen LogP contribution < -0.4 is 0 Å². The van der Waals surface area contributed by atoms with E-state index in [1.807, 2.05) is 24.4 Å². The number of carbonyl (C=O) groups is 1. The van der Waals surface area contributed by atoms with Gasteiger partial charge in [0, 0.05) is 25.8 Å². The molecule has 94 valence electrons.